The number of benzene rings is 1. The molecule has 0 fully saturated rings. The summed E-state index contributed by atoms with van der Waals surface area (Å²) in [6.45, 7) is 1.80. The average molecular weight is 329 g/mol. The first-order valence-corrected chi connectivity index (χ1v) is 7.02. The number of nitrogens with zero attached hydrogens (tertiary/aromatic N) is 2. The van der Waals surface area contributed by atoms with Gasteiger partial charge < -0.3 is 14.8 Å². The van der Waals surface area contributed by atoms with Gasteiger partial charge in [-0.2, -0.15) is 0 Å². The number of carbonyl (C=O) groups excluding carboxylic acids is 1. The van der Waals surface area contributed by atoms with Gasteiger partial charge in [-0.15, -0.1) is 10.2 Å². The minimum Gasteiger partial charge on any atom is -0.495 e. The maximum Gasteiger partial charge on any atom is 0.325 e. The number of carbonyl (C=O) groups is 1. The molecule has 7 nitrogen and oxygen atoms in total. The smallest absolute Gasteiger partial charge is 0.325 e. The van der Waals surface area contributed by atoms with Gasteiger partial charge in [0.15, 0.2) is 0 Å². The SMILES string of the molecule is COc1cc(OC)c(NC(=O)Nc2nnc(C)s2)cc1Cl. The molecule has 0 saturated heterocycles. The Hall–Kier alpha value is -2.06. The molecule has 0 aliphatic rings. The van der Waals surface area contributed by atoms with Crippen LogP contribution in [0.25, 0.3) is 0 Å². The third kappa shape index (κ3) is 3.73. The number of hydrogen-bond donors (Lipinski definition) is 2. The second-order valence-corrected chi connectivity index (χ2v) is 5.48. The van der Waals surface area contributed by atoms with Crippen LogP contribution in [0, 0.1) is 6.92 Å². The highest BCUT2D eigenvalue weighted by Crippen LogP contribution is 2.35. The molecule has 2 amide bonds. The van der Waals surface area contributed by atoms with Gasteiger partial charge in [-0.25, -0.2) is 4.79 Å². The van der Waals surface area contributed by atoms with Crippen LogP contribution < -0.4 is 20.1 Å². The lowest BCUT2D eigenvalue weighted by atomic mass is 10.2. The third-order valence-corrected chi connectivity index (χ3v) is 3.52. The van der Waals surface area contributed by atoms with E-state index in [1.54, 1.807) is 19.1 Å². The first-order chi connectivity index (χ1) is 10.0. The summed E-state index contributed by atoms with van der Waals surface area (Å²) in [7, 11) is 2.98. The molecule has 0 saturated carbocycles. The van der Waals surface area contributed by atoms with Crippen LogP contribution in [0.2, 0.25) is 5.02 Å². The Labute approximate surface area is 130 Å². The van der Waals surface area contributed by atoms with Crippen molar-refractivity contribution in [2.75, 3.05) is 24.9 Å². The first-order valence-electron chi connectivity index (χ1n) is 5.83. The number of rotatable bonds is 4. The van der Waals surface area contributed by atoms with Gasteiger partial charge >= 0.3 is 6.03 Å². The van der Waals surface area contributed by atoms with Crippen molar-refractivity contribution in [3.63, 3.8) is 0 Å². The quantitative estimate of drug-likeness (QED) is 0.900. The highest BCUT2D eigenvalue weighted by molar-refractivity contribution is 7.15. The molecule has 21 heavy (non-hydrogen) atoms. The monoisotopic (exact) mass is 328 g/mol. The lowest BCUT2D eigenvalue weighted by Crippen LogP contribution is -2.19. The van der Waals surface area contributed by atoms with Gasteiger partial charge in [0.2, 0.25) is 5.13 Å². The molecule has 2 aromatic rings. The van der Waals surface area contributed by atoms with Crippen LogP contribution in [0.1, 0.15) is 5.01 Å². The van der Waals surface area contributed by atoms with Gasteiger partial charge in [0, 0.05) is 6.07 Å². The Kier molecular flexibility index (Phi) is 4.81. The third-order valence-electron chi connectivity index (χ3n) is 2.47. The van der Waals surface area contributed by atoms with Crippen molar-refractivity contribution in [2.45, 2.75) is 6.92 Å². The van der Waals surface area contributed by atoms with E-state index < -0.39 is 6.03 Å². The van der Waals surface area contributed by atoms with E-state index in [1.807, 2.05) is 0 Å². The van der Waals surface area contributed by atoms with E-state index in [0.29, 0.717) is 27.3 Å². The van der Waals surface area contributed by atoms with E-state index >= 15 is 0 Å². The summed E-state index contributed by atoms with van der Waals surface area (Å²) in [6.07, 6.45) is 0. The number of halogens is 1. The normalized spacial score (nSPS) is 10.1. The zero-order valence-corrected chi connectivity index (χ0v) is 13.1. The predicted octanol–water partition coefficient (Wildman–Crippen LogP) is 3.16. The van der Waals surface area contributed by atoms with Gasteiger partial charge in [0.1, 0.15) is 16.5 Å². The van der Waals surface area contributed by atoms with Crippen LogP contribution in [-0.2, 0) is 0 Å². The minimum absolute atomic E-state index is 0.361. The molecule has 0 spiro atoms. The van der Waals surface area contributed by atoms with E-state index in [4.69, 9.17) is 21.1 Å². The molecule has 0 aliphatic carbocycles. The van der Waals surface area contributed by atoms with Gasteiger partial charge in [-0.1, -0.05) is 22.9 Å². The van der Waals surface area contributed by atoms with Crippen molar-refractivity contribution in [1.82, 2.24) is 10.2 Å². The van der Waals surface area contributed by atoms with Crippen LogP contribution in [0.15, 0.2) is 12.1 Å². The molecule has 1 heterocycles. The number of methoxy groups -OCH3 is 2. The highest BCUT2D eigenvalue weighted by atomic mass is 35.5. The van der Waals surface area contributed by atoms with E-state index in [1.165, 1.54) is 25.6 Å². The number of aromatic nitrogens is 2. The molecule has 0 bridgehead atoms. The second kappa shape index (κ2) is 6.59. The minimum atomic E-state index is -0.467. The molecular formula is C12H13ClN4O3S. The molecular weight excluding hydrogens is 316 g/mol. The predicted molar refractivity (Wildman–Crippen MR) is 81.8 cm³/mol. The summed E-state index contributed by atoms with van der Waals surface area (Å²) in [5.74, 6) is 0.888. The lowest BCUT2D eigenvalue weighted by Gasteiger charge is -2.12. The Bertz CT molecular complexity index is 662. The number of nitrogens with one attached hydrogen (secondary N) is 2. The summed E-state index contributed by atoms with van der Waals surface area (Å²) >= 11 is 7.31. The molecule has 9 heteroatoms. The fraction of sp³-hybridized carbons (Fsp3) is 0.250. The van der Waals surface area contributed by atoms with Gasteiger partial charge in [0.05, 0.1) is 24.9 Å². The van der Waals surface area contributed by atoms with Crippen molar-refractivity contribution in [1.29, 1.82) is 0 Å². The summed E-state index contributed by atoms with van der Waals surface area (Å²) in [6, 6.07) is 2.67. The lowest BCUT2D eigenvalue weighted by molar-refractivity contribution is 0.262. The average Bonchev–Trinajstić information content (AvgIpc) is 2.84. The number of ether oxygens (including phenoxy) is 2. The molecule has 2 N–H and O–H groups in total. The molecule has 112 valence electrons. The molecule has 0 atom stereocenters. The van der Waals surface area contributed by atoms with Crippen LogP contribution in [-0.4, -0.2) is 30.4 Å². The number of aryl methyl sites for hydroxylation is 1. The molecule has 0 radical (unpaired) electrons. The largest absolute Gasteiger partial charge is 0.495 e. The maximum atomic E-state index is 11.9. The fourth-order valence-corrected chi connectivity index (χ4v) is 2.38. The Balaban J connectivity index is 2.14. The van der Waals surface area contributed by atoms with Gasteiger partial charge in [-0.05, 0) is 13.0 Å². The Morgan fingerprint density at radius 1 is 1.19 bits per heavy atom. The topological polar surface area (TPSA) is 85.4 Å². The van der Waals surface area contributed by atoms with Crippen LogP contribution in [0.4, 0.5) is 15.6 Å². The van der Waals surface area contributed by atoms with Crippen LogP contribution in [0.5, 0.6) is 11.5 Å². The molecule has 0 aliphatic heterocycles. The van der Waals surface area contributed by atoms with Crippen molar-refractivity contribution in [3.05, 3.63) is 22.2 Å². The van der Waals surface area contributed by atoms with Crippen LogP contribution >= 0.6 is 22.9 Å². The Morgan fingerprint density at radius 3 is 2.48 bits per heavy atom. The second-order valence-electron chi connectivity index (χ2n) is 3.89. The van der Waals surface area contributed by atoms with Crippen molar-refractivity contribution in [3.8, 4) is 11.5 Å². The number of urea groups is 1. The Morgan fingerprint density at radius 2 is 1.90 bits per heavy atom. The van der Waals surface area contributed by atoms with Crippen molar-refractivity contribution >= 4 is 39.8 Å². The molecule has 2 rings (SSSR count). The summed E-state index contributed by atoms with van der Waals surface area (Å²) in [5.41, 5.74) is 0.419. The number of hydrogen-bond acceptors (Lipinski definition) is 6. The van der Waals surface area contributed by atoms with Crippen molar-refractivity contribution in [2.24, 2.45) is 0 Å². The van der Waals surface area contributed by atoms with Gasteiger partial charge in [0.25, 0.3) is 0 Å². The van der Waals surface area contributed by atoms with E-state index in [2.05, 4.69) is 20.8 Å². The zero-order chi connectivity index (χ0) is 15.4. The number of amides is 2. The van der Waals surface area contributed by atoms with Crippen molar-refractivity contribution < 1.29 is 14.3 Å². The maximum absolute atomic E-state index is 11.9. The molecule has 1 aromatic carbocycles. The molecule has 0 unspecified atom stereocenters. The van der Waals surface area contributed by atoms with E-state index in [-0.39, 0.29) is 0 Å². The zero-order valence-electron chi connectivity index (χ0n) is 11.6. The summed E-state index contributed by atoms with van der Waals surface area (Å²) in [5, 5.41) is 14.4. The highest BCUT2D eigenvalue weighted by Gasteiger charge is 2.13. The molecule has 1 aromatic heterocycles. The van der Waals surface area contributed by atoms with Crippen LogP contribution in [0.3, 0.4) is 0 Å². The summed E-state index contributed by atoms with van der Waals surface area (Å²) < 4.78 is 10.3. The number of anilines is 2. The standard InChI is InChI=1S/C12H13ClN4O3S/c1-6-16-17-12(21-6)15-11(18)14-8-4-7(13)9(19-2)5-10(8)20-3/h4-5H,1-3H3,(H2,14,15,17,18). The van der Waals surface area contributed by atoms with E-state index in [0.717, 1.165) is 5.01 Å². The first kappa shape index (κ1) is 15.3. The fourth-order valence-electron chi connectivity index (χ4n) is 1.56. The van der Waals surface area contributed by atoms with E-state index in [9.17, 15) is 4.79 Å². The van der Waals surface area contributed by atoms with Gasteiger partial charge in [-0.3, -0.25) is 5.32 Å². The summed E-state index contributed by atoms with van der Waals surface area (Å²) in [4.78, 5) is 11.9.